The molecule has 0 aliphatic carbocycles. The molecule has 0 fully saturated rings. The highest BCUT2D eigenvalue weighted by Crippen LogP contribution is 2.44. The Morgan fingerprint density at radius 2 is 1.12 bits per heavy atom. The number of esters is 2. The topological polar surface area (TPSA) is 71.1 Å². The molecule has 0 heterocycles. The van der Waals surface area contributed by atoms with Crippen molar-refractivity contribution in [2.45, 2.75) is 81.5 Å². The van der Waals surface area contributed by atoms with Gasteiger partial charge >= 0.3 is 24.3 Å². The standard InChI is InChI=1S/C30H36F6O6/c1-4-5-6-7-14-19-24(42-26(38)28(40-3,30(34,35)36)23-17-12-9-13-18-23)20-21-41-25(37)27(39-2,29(31,32)33)22-15-10-8-11-16-22/h8-13,15-18,24H,4-7,14,19-21H2,1-3H3/t24-,27+,28+/m1/s1. The highest BCUT2D eigenvalue weighted by atomic mass is 19.4. The fraction of sp³-hybridized carbons (Fsp3) is 0.533. The number of rotatable bonds is 16. The van der Waals surface area contributed by atoms with Crippen LogP contribution in [0, 0.1) is 0 Å². The number of carbonyl (C=O) groups excluding carboxylic acids is 2. The van der Waals surface area contributed by atoms with Gasteiger partial charge in [0.15, 0.2) is 0 Å². The Morgan fingerprint density at radius 1 is 0.667 bits per heavy atom. The van der Waals surface area contributed by atoms with E-state index in [2.05, 4.69) is 0 Å². The van der Waals surface area contributed by atoms with Crippen LogP contribution in [0.25, 0.3) is 0 Å². The minimum Gasteiger partial charge on any atom is -0.463 e. The van der Waals surface area contributed by atoms with Gasteiger partial charge in [-0.05, 0) is 12.8 Å². The third kappa shape index (κ3) is 7.83. The highest BCUT2D eigenvalue weighted by molar-refractivity contribution is 5.83. The van der Waals surface area contributed by atoms with Crippen LogP contribution in [0.5, 0.6) is 0 Å². The van der Waals surface area contributed by atoms with E-state index in [1.807, 2.05) is 6.92 Å². The van der Waals surface area contributed by atoms with Gasteiger partial charge in [0.2, 0.25) is 0 Å². The molecule has 0 bridgehead atoms. The van der Waals surface area contributed by atoms with E-state index in [1.165, 1.54) is 36.4 Å². The van der Waals surface area contributed by atoms with Crippen molar-refractivity contribution in [1.29, 1.82) is 0 Å². The normalized spacial score (nSPS) is 15.7. The van der Waals surface area contributed by atoms with E-state index in [0.29, 0.717) is 20.0 Å². The van der Waals surface area contributed by atoms with Crippen molar-refractivity contribution in [2.75, 3.05) is 20.8 Å². The number of hydrogen-bond donors (Lipinski definition) is 0. The lowest BCUT2D eigenvalue weighted by Gasteiger charge is -2.34. The van der Waals surface area contributed by atoms with E-state index in [-0.39, 0.29) is 12.8 Å². The number of ether oxygens (including phenoxy) is 4. The molecule has 0 aliphatic heterocycles. The minimum absolute atomic E-state index is 0.0901. The zero-order valence-corrected chi connectivity index (χ0v) is 23.7. The summed E-state index contributed by atoms with van der Waals surface area (Å²) in [4.78, 5) is 26.0. The Balaban J connectivity index is 2.29. The summed E-state index contributed by atoms with van der Waals surface area (Å²) in [5.41, 5.74) is -7.90. The van der Waals surface area contributed by atoms with Crippen LogP contribution in [0.1, 0.15) is 63.0 Å². The van der Waals surface area contributed by atoms with Gasteiger partial charge in [-0.15, -0.1) is 0 Å². The maximum Gasteiger partial charge on any atom is 0.432 e. The molecule has 6 nitrogen and oxygen atoms in total. The summed E-state index contributed by atoms with van der Waals surface area (Å²) in [7, 11) is 1.45. The quantitative estimate of drug-likeness (QED) is 0.113. The molecule has 12 heteroatoms. The monoisotopic (exact) mass is 606 g/mol. The van der Waals surface area contributed by atoms with E-state index in [4.69, 9.17) is 18.9 Å². The van der Waals surface area contributed by atoms with Gasteiger partial charge < -0.3 is 18.9 Å². The van der Waals surface area contributed by atoms with Crippen molar-refractivity contribution >= 4 is 11.9 Å². The predicted molar refractivity (Wildman–Crippen MR) is 141 cm³/mol. The van der Waals surface area contributed by atoms with Gasteiger partial charge in [0, 0.05) is 31.8 Å². The van der Waals surface area contributed by atoms with Crippen molar-refractivity contribution < 1.29 is 54.9 Å². The number of methoxy groups -OCH3 is 2. The molecule has 0 saturated carbocycles. The van der Waals surface area contributed by atoms with Crippen LogP contribution in [0.4, 0.5) is 26.3 Å². The first-order valence-electron chi connectivity index (χ1n) is 13.5. The molecule has 0 aromatic heterocycles. The van der Waals surface area contributed by atoms with Crippen molar-refractivity contribution in [3.63, 3.8) is 0 Å². The molecule has 2 aromatic carbocycles. The fourth-order valence-electron chi connectivity index (χ4n) is 4.63. The Hall–Kier alpha value is -3.12. The first-order chi connectivity index (χ1) is 19.8. The van der Waals surface area contributed by atoms with E-state index in [9.17, 15) is 35.9 Å². The predicted octanol–water partition coefficient (Wildman–Crippen LogP) is 7.40. The van der Waals surface area contributed by atoms with E-state index < -0.39 is 59.3 Å². The van der Waals surface area contributed by atoms with Gasteiger partial charge in [-0.1, -0.05) is 93.3 Å². The minimum atomic E-state index is -5.21. The summed E-state index contributed by atoms with van der Waals surface area (Å²) in [5.74, 6) is -3.50. The van der Waals surface area contributed by atoms with Crippen LogP contribution in [0.3, 0.4) is 0 Å². The second-order valence-corrected chi connectivity index (χ2v) is 9.65. The van der Waals surface area contributed by atoms with Gasteiger partial charge in [-0.25, -0.2) is 9.59 Å². The van der Waals surface area contributed by atoms with E-state index >= 15 is 0 Å². The van der Waals surface area contributed by atoms with Gasteiger partial charge in [0.25, 0.3) is 11.2 Å². The number of carbonyl (C=O) groups is 2. The van der Waals surface area contributed by atoms with Crippen molar-refractivity contribution in [2.24, 2.45) is 0 Å². The van der Waals surface area contributed by atoms with Gasteiger partial charge in [-0.3, -0.25) is 0 Å². The van der Waals surface area contributed by atoms with Crippen LogP contribution in [0.2, 0.25) is 0 Å². The molecule has 2 aromatic rings. The number of benzene rings is 2. The first kappa shape index (κ1) is 35.1. The molecule has 0 saturated heterocycles. The van der Waals surface area contributed by atoms with Gasteiger partial charge in [-0.2, -0.15) is 26.3 Å². The zero-order chi connectivity index (χ0) is 31.4. The lowest BCUT2D eigenvalue weighted by molar-refractivity contribution is -0.278. The third-order valence-corrected chi connectivity index (χ3v) is 6.92. The van der Waals surface area contributed by atoms with Crippen LogP contribution >= 0.6 is 0 Å². The number of halogens is 6. The molecule has 42 heavy (non-hydrogen) atoms. The molecule has 0 unspecified atom stereocenters. The van der Waals surface area contributed by atoms with Crippen molar-refractivity contribution in [1.82, 2.24) is 0 Å². The van der Waals surface area contributed by atoms with Crippen LogP contribution in [-0.4, -0.2) is 51.2 Å². The van der Waals surface area contributed by atoms with Crippen LogP contribution in [-0.2, 0) is 39.7 Å². The van der Waals surface area contributed by atoms with Crippen molar-refractivity contribution in [3.8, 4) is 0 Å². The number of alkyl halides is 6. The molecule has 0 N–H and O–H groups in total. The molecular formula is C30H36F6O6. The smallest absolute Gasteiger partial charge is 0.432 e. The Morgan fingerprint density at radius 3 is 1.55 bits per heavy atom. The second-order valence-electron chi connectivity index (χ2n) is 9.65. The van der Waals surface area contributed by atoms with Crippen molar-refractivity contribution in [3.05, 3.63) is 71.8 Å². The summed E-state index contributed by atoms with van der Waals surface area (Å²) in [6.07, 6.45) is -8.06. The summed E-state index contributed by atoms with van der Waals surface area (Å²) in [5, 5.41) is 0. The maximum absolute atomic E-state index is 14.3. The average molecular weight is 607 g/mol. The second kappa shape index (κ2) is 15.4. The average Bonchev–Trinajstić information content (AvgIpc) is 2.94. The highest BCUT2D eigenvalue weighted by Gasteiger charge is 2.65. The molecule has 0 spiro atoms. The molecule has 2 rings (SSSR count). The number of hydrogen-bond acceptors (Lipinski definition) is 6. The maximum atomic E-state index is 14.3. The van der Waals surface area contributed by atoms with Gasteiger partial charge in [0.05, 0.1) is 6.61 Å². The first-order valence-corrected chi connectivity index (χ1v) is 13.5. The molecule has 0 aliphatic rings. The largest absolute Gasteiger partial charge is 0.463 e. The number of unbranched alkanes of at least 4 members (excludes halogenated alkanes) is 4. The Labute approximate surface area is 241 Å². The lowest BCUT2D eigenvalue weighted by Crippen LogP contribution is -2.52. The van der Waals surface area contributed by atoms with E-state index in [1.54, 1.807) is 0 Å². The molecule has 0 radical (unpaired) electrons. The summed E-state index contributed by atoms with van der Waals surface area (Å²) in [6, 6.07) is 12.4. The van der Waals surface area contributed by atoms with Crippen LogP contribution in [0.15, 0.2) is 60.7 Å². The zero-order valence-electron chi connectivity index (χ0n) is 23.7. The molecule has 3 atom stereocenters. The van der Waals surface area contributed by atoms with Gasteiger partial charge in [0.1, 0.15) is 6.10 Å². The SMILES string of the molecule is CCCCCCC[C@H](CCOC(=O)[C@@](OC)(c1ccccc1)C(F)(F)F)OC(=O)[C@@](OC)(c1ccccc1)C(F)(F)F. The summed E-state index contributed by atoms with van der Waals surface area (Å²) < 4.78 is 105. The Bertz CT molecular complexity index is 1110. The third-order valence-electron chi connectivity index (χ3n) is 6.92. The van der Waals surface area contributed by atoms with E-state index in [0.717, 1.165) is 50.6 Å². The molecule has 234 valence electrons. The lowest BCUT2D eigenvalue weighted by atomic mass is 9.92. The summed E-state index contributed by atoms with van der Waals surface area (Å²) >= 11 is 0. The molecule has 0 amide bonds. The van der Waals surface area contributed by atoms with Crippen LogP contribution < -0.4 is 0 Å². The summed E-state index contributed by atoms with van der Waals surface area (Å²) in [6.45, 7) is 1.32. The fourth-order valence-corrected chi connectivity index (χ4v) is 4.63. The Kier molecular flexibility index (Phi) is 12.8. The molecular weight excluding hydrogens is 570 g/mol.